The maximum absolute atomic E-state index is 11.9. The Morgan fingerprint density at radius 3 is 2.14 bits per heavy atom. The van der Waals surface area contributed by atoms with E-state index in [1.165, 1.54) is 57.3 Å². The highest BCUT2D eigenvalue weighted by Crippen LogP contribution is 2.67. The van der Waals surface area contributed by atoms with Crippen LogP contribution in [0.2, 0.25) is 0 Å². The summed E-state index contributed by atoms with van der Waals surface area (Å²) in [4.78, 5) is 17.2. The number of esters is 1. The maximum atomic E-state index is 11.9. The fourth-order valence-corrected chi connectivity index (χ4v) is 8.20. The highest BCUT2D eigenvalue weighted by molar-refractivity contribution is 5.89. The summed E-state index contributed by atoms with van der Waals surface area (Å²) in [6.07, 6.45) is 8.66. The number of benzene rings is 1. The lowest BCUT2D eigenvalue weighted by molar-refractivity contribution is -0.162. The summed E-state index contributed by atoms with van der Waals surface area (Å²) in [5, 5.41) is 0. The lowest BCUT2D eigenvalue weighted by Crippen LogP contribution is -2.67. The van der Waals surface area contributed by atoms with Gasteiger partial charge in [-0.05, 0) is 86.5 Å². The average Bonchev–Trinajstić information content (AvgIpc) is 2.66. The molecule has 1 saturated heterocycles. The number of anilines is 1. The minimum Gasteiger partial charge on any atom is -0.462 e. The first-order valence-corrected chi connectivity index (χ1v) is 11.6. The van der Waals surface area contributed by atoms with Gasteiger partial charge in [-0.25, -0.2) is 4.79 Å². The van der Waals surface area contributed by atoms with Crippen LogP contribution in [0.4, 0.5) is 5.69 Å². The molecule has 1 heterocycles. The van der Waals surface area contributed by atoms with Crippen molar-refractivity contribution in [3.05, 3.63) is 29.8 Å². The summed E-state index contributed by atoms with van der Waals surface area (Å²) in [6.45, 7) is 11.9. The van der Waals surface area contributed by atoms with Gasteiger partial charge in [0.15, 0.2) is 0 Å². The number of nitrogens with zero attached hydrogens (tertiary/aromatic N) is 2. The highest BCUT2D eigenvalue weighted by Gasteiger charge is 2.61. The Balaban J connectivity index is 1.26. The molecule has 4 heteroatoms. The first-order chi connectivity index (χ1) is 13.8. The molecule has 2 unspecified atom stereocenters. The molecule has 4 bridgehead atoms. The fraction of sp³-hybridized carbons (Fsp3) is 0.720. The van der Waals surface area contributed by atoms with Gasteiger partial charge in [-0.2, -0.15) is 0 Å². The van der Waals surface area contributed by atoms with E-state index in [1.807, 2.05) is 19.1 Å². The molecule has 1 aromatic carbocycles. The molecule has 29 heavy (non-hydrogen) atoms. The summed E-state index contributed by atoms with van der Waals surface area (Å²) < 4.78 is 5.10. The van der Waals surface area contributed by atoms with E-state index in [4.69, 9.17) is 4.74 Å². The van der Waals surface area contributed by atoms with Crippen LogP contribution in [0.5, 0.6) is 0 Å². The molecule has 0 amide bonds. The molecule has 1 aliphatic heterocycles. The second-order valence-electron chi connectivity index (χ2n) is 11.1. The average molecular weight is 397 g/mol. The summed E-state index contributed by atoms with van der Waals surface area (Å²) in [5.41, 5.74) is 3.48. The van der Waals surface area contributed by atoms with E-state index in [1.54, 1.807) is 0 Å². The van der Waals surface area contributed by atoms with E-state index in [2.05, 4.69) is 35.8 Å². The molecule has 4 saturated carbocycles. The zero-order valence-electron chi connectivity index (χ0n) is 18.4. The van der Waals surface area contributed by atoms with E-state index in [-0.39, 0.29) is 5.97 Å². The number of hydrogen-bond acceptors (Lipinski definition) is 4. The van der Waals surface area contributed by atoms with Crippen LogP contribution in [-0.4, -0.2) is 49.2 Å². The quantitative estimate of drug-likeness (QED) is 0.689. The van der Waals surface area contributed by atoms with Crippen LogP contribution >= 0.6 is 0 Å². The van der Waals surface area contributed by atoms with E-state index >= 15 is 0 Å². The molecule has 0 radical (unpaired) electrons. The monoisotopic (exact) mass is 396 g/mol. The Hall–Kier alpha value is -1.55. The van der Waals surface area contributed by atoms with Gasteiger partial charge in [0.05, 0.1) is 12.2 Å². The van der Waals surface area contributed by atoms with Crippen LogP contribution in [0.25, 0.3) is 0 Å². The van der Waals surface area contributed by atoms with Gasteiger partial charge in [-0.15, -0.1) is 0 Å². The van der Waals surface area contributed by atoms with E-state index in [0.717, 1.165) is 19.0 Å². The molecule has 2 atom stereocenters. The van der Waals surface area contributed by atoms with Gasteiger partial charge >= 0.3 is 5.97 Å². The van der Waals surface area contributed by atoms with Crippen molar-refractivity contribution in [3.63, 3.8) is 0 Å². The van der Waals surface area contributed by atoms with Crippen molar-refractivity contribution in [2.75, 3.05) is 37.7 Å². The Kier molecular flexibility index (Phi) is 4.51. The topological polar surface area (TPSA) is 32.8 Å². The van der Waals surface area contributed by atoms with Crippen molar-refractivity contribution in [2.45, 2.75) is 64.8 Å². The third-order valence-electron chi connectivity index (χ3n) is 8.29. The molecule has 5 fully saturated rings. The summed E-state index contributed by atoms with van der Waals surface area (Å²) in [5.74, 6) is 0.724. The van der Waals surface area contributed by atoms with Crippen molar-refractivity contribution >= 4 is 11.7 Å². The molecule has 5 aliphatic rings. The molecule has 0 N–H and O–H groups in total. The van der Waals surface area contributed by atoms with Crippen molar-refractivity contribution in [1.29, 1.82) is 0 Å². The van der Waals surface area contributed by atoms with Crippen molar-refractivity contribution in [2.24, 2.45) is 16.7 Å². The van der Waals surface area contributed by atoms with Gasteiger partial charge in [-0.1, -0.05) is 13.8 Å². The molecule has 6 rings (SSSR count). The molecule has 0 spiro atoms. The van der Waals surface area contributed by atoms with Crippen LogP contribution < -0.4 is 4.90 Å². The van der Waals surface area contributed by atoms with E-state index in [0.29, 0.717) is 28.5 Å². The van der Waals surface area contributed by atoms with E-state index < -0.39 is 0 Å². The molecule has 158 valence electrons. The Morgan fingerprint density at radius 2 is 1.59 bits per heavy atom. The van der Waals surface area contributed by atoms with Gasteiger partial charge in [0, 0.05) is 37.4 Å². The minimum atomic E-state index is -0.229. The smallest absolute Gasteiger partial charge is 0.338 e. The van der Waals surface area contributed by atoms with Gasteiger partial charge in [-0.3, -0.25) is 4.90 Å². The normalized spacial score (nSPS) is 39.0. The first-order valence-electron chi connectivity index (χ1n) is 11.6. The Bertz CT molecular complexity index is 763. The number of carbonyl (C=O) groups excluding carboxylic acids is 1. The number of piperazine rings is 1. The van der Waals surface area contributed by atoms with Gasteiger partial charge < -0.3 is 9.64 Å². The minimum absolute atomic E-state index is 0.229. The molecule has 0 aromatic heterocycles. The predicted molar refractivity (Wildman–Crippen MR) is 116 cm³/mol. The van der Waals surface area contributed by atoms with Crippen LogP contribution in [-0.2, 0) is 4.74 Å². The van der Waals surface area contributed by atoms with Crippen LogP contribution in [0.15, 0.2) is 24.3 Å². The SMILES string of the molecule is CCOC(=O)c1ccc(N2CCN(C34CC5CC(C)(CC(C)(C5)C3)C4)CC2)cc1. The van der Waals surface area contributed by atoms with Crippen LogP contribution in [0.3, 0.4) is 0 Å². The maximum Gasteiger partial charge on any atom is 0.338 e. The fourth-order valence-electron chi connectivity index (χ4n) is 8.20. The second kappa shape index (κ2) is 6.73. The summed E-state index contributed by atoms with van der Waals surface area (Å²) in [7, 11) is 0. The third-order valence-corrected chi connectivity index (χ3v) is 8.29. The number of carbonyl (C=O) groups is 1. The first kappa shape index (κ1) is 19.4. The molecule has 1 aromatic rings. The van der Waals surface area contributed by atoms with Gasteiger partial charge in [0.25, 0.3) is 0 Å². The van der Waals surface area contributed by atoms with Crippen LogP contribution in [0.1, 0.15) is 69.7 Å². The summed E-state index contributed by atoms with van der Waals surface area (Å²) >= 11 is 0. The standard InChI is InChI=1S/C25H36N2O2/c1-4-29-22(28)20-5-7-21(8-6-20)26-9-11-27(12-10-26)25-15-19-13-23(2,17-25)16-24(3,14-19)18-25/h5-8,19H,4,9-18H2,1-3H3. The van der Waals surface area contributed by atoms with Gasteiger partial charge in [0.2, 0.25) is 0 Å². The van der Waals surface area contributed by atoms with Crippen LogP contribution in [0, 0.1) is 16.7 Å². The number of rotatable bonds is 4. The largest absolute Gasteiger partial charge is 0.462 e. The zero-order valence-corrected chi connectivity index (χ0v) is 18.4. The lowest BCUT2D eigenvalue weighted by Gasteiger charge is -2.68. The van der Waals surface area contributed by atoms with E-state index in [9.17, 15) is 4.79 Å². The predicted octanol–water partition coefficient (Wildman–Crippen LogP) is 4.73. The zero-order chi connectivity index (χ0) is 20.3. The molecule has 4 aliphatic carbocycles. The van der Waals surface area contributed by atoms with Crippen molar-refractivity contribution in [3.8, 4) is 0 Å². The molecule has 4 nitrogen and oxygen atoms in total. The third kappa shape index (κ3) is 3.37. The Morgan fingerprint density at radius 1 is 0.966 bits per heavy atom. The second-order valence-corrected chi connectivity index (χ2v) is 11.1. The van der Waals surface area contributed by atoms with Crippen molar-refractivity contribution < 1.29 is 9.53 Å². The Labute approximate surface area is 175 Å². The molecular weight excluding hydrogens is 360 g/mol. The number of hydrogen-bond donors (Lipinski definition) is 0. The van der Waals surface area contributed by atoms with Crippen molar-refractivity contribution in [1.82, 2.24) is 4.90 Å². The molecular formula is C25H36N2O2. The highest BCUT2D eigenvalue weighted by atomic mass is 16.5. The van der Waals surface area contributed by atoms with Gasteiger partial charge in [0.1, 0.15) is 0 Å². The number of ether oxygens (including phenoxy) is 1. The summed E-state index contributed by atoms with van der Waals surface area (Å²) in [6, 6.07) is 7.96. The lowest BCUT2D eigenvalue weighted by atomic mass is 9.42.